The van der Waals surface area contributed by atoms with Gasteiger partial charge in [0.15, 0.2) is 0 Å². The number of hydrogen-bond donors (Lipinski definition) is 1. The lowest BCUT2D eigenvalue weighted by molar-refractivity contribution is 0.0276. The van der Waals surface area contributed by atoms with Crippen molar-refractivity contribution in [2.75, 3.05) is 31.6 Å². The molecule has 5 nitrogen and oxygen atoms in total. The van der Waals surface area contributed by atoms with E-state index in [0.717, 1.165) is 11.6 Å². The second-order valence-corrected chi connectivity index (χ2v) is 6.64. The van der Waals surface area contributed by atoms with E-state index >= 15 is 0 Å². The molecule has 0 fully saturated rings. The zero-order chi connectivity index (χ0) is 14.5. The number of hydrogen-bond acceptors (Lipinski definition) is 5. The van der Waals surface area contributed by atoms with Crippen molar-refractivity contribution in [1.29, 1.82) is 0 Å². The highest BCUT2D eigenvalue weighted by Crippen LogP contribution is 2.11. The minimum atomic E-state index is -0.453. The van der Waals surface area contributed by atoms with Crippen molar-refractivity contribution < 1.29 is 9.53 Å². The third-order valence-electron chi connectivity index (χ3n) is 2.49. The van der Waals surface area contributed by atoms with E-state index in [4.69, 9.17) is 4.74 Å². The van der Waals surface area contributed by atoms with Gasteiger partial charge in [0.05, 0.1) is 13.1 Å². The molecular formula is C13H25N3O2S. The van der Waals surface area contributed by atoms with Crippen molar-refractivity contribution in [1.82, 2.24) is 10.2 Å². The van der Waals surface area contributed by atoms with Crippen LogP contribution in [0, 0.1) is 0 Å². The van der Waals surface area contributed by atoms with Crippen molar-refractivity contribution in [2.45, 2.75) is 39.3 Å². The quantitative estimate of drug-likeness (QED) is 0.862. The predicted molar refractivity (Wildman–Crippen MR) is 81.1 cm³/mol. The Hall–Kier alpha value is -0.910. The molecule has 0 aliphatic carbocycles. The summed E-state index contributed by atoms with van der Waals surface area (Å²) in [6.45, 7) is 9.51. The Morgan fingerprint density at radius 2 is 2.26 bits per heavy atom. The summed E-state index contributed by atoms with van der Waals surface area (Å²) < 4.78 is 5.38. The van der Waals surface area contributed by atoms with E-state index in [-0.39, 0.29) is 6.09 Å². The molecule has 0 aromatic heterocycles. The minimum Gasteiger partial charge on any atom is -0.444 e. The van der Waals surface area contributed by atoms with E-state index in [1.54, 1.807) is 16.7 Å². The van der Waals surface area contributed by atoms with Crippen molar-refractivity contribution in [2.24, 2.45) is 4.99 Å². The molecule has 1 heterocycles. The Morgan fingerprint density at radius 3 is 2.84 bits per heavy atom. The van der Waals surface area contributed by atoms with Crippen LogP contribution in [-0.2, 0) is 4.74 Å². The lowest BCUT2D eigenvalue weighted by Crippen LogP contribution is -2.49. The summed E-state index contributed by atoms with van der Waals surface area (Å²) in [5.41, 5.74) is -0.453. The van der Waals surface area contributed by atoms with Crippen LogP contribution in [0.5, 0.6) is 0 Å². The largest absolute Gasteiger partial charge is 0.444 e. The first kappa shape index (κ1) is 16.1. The minimum absolute atomic E-state index is 0.265. The molecule has 0 aromatic rings. The van der Waals surface area contributed by atoms with Gasteiger partial charge < -0.3 is 10.1 Å². The second-order valence-electron chi connectivity index (χ2n) is 5.73. The van der Waals surface area contributed by atoms with Gasteiger partial charge in [0.2, 0.25) is 0 Å². The third-order valence-corrected chi connectivity index (χ3v) is 3.33. The summed E-state index contributed by atoms with van der Waals surface area (Å²) in [5, 5.41) is 3.35. The van der Waals surface area contributed by atoms with E-state index in [0.29, 0.717) is 25.7 Å². The molecule has 1 atom stereocenters. The Morgan fingerprint density at radius 1 is 1.58 bits per heavy atom. The van der Waals surface area contributed by atoms with Crippen molar-refractivity contribution in [3.63, 3.8) is 0 Å². The molecule has 1 N–H and O–H groups in total. The average molecular weight is 287 g/mol. The highest BCUT2D eigenvalue weighted by molar-refractivity contribution is 7.98. The molecule has 0 bridgehead atoms. The Kier molecular flexibility index (Phi) is 5.97. The maximum atomic E-state index is 12.0. The molecule has 1 aliphatic rings. The third kappa shape index (κ3) is 6.18. The number of carbonyl (C=O) groups excluding carboxylic acids is 1. The van der Waals surface area contributed by atoms with Gasteiger partial charge in [-0.2, -0.15) is 11.8 Å². The van der Waals surface area contributed by atoms with Gasteiger partial charge in [-0.25, -0.2) is 4.79 Å². The van der Waals surface area contributed by atoms with Crippen LogP contribution in [-0.4, -0.2) is 60.1 Å². The topological polar surface area (TPSA) is 53.9 Å². The Balaban J connectivity index is 2.49. The number of thioether (sulfide) groups is 1. The molecule has 0 radical (unpaired) electrons. The van der Waals surface area contributed by atoms with Crippen molar-refractivity contribution >= 4 is 23.7 Å². The van der Waals surface area contributed by atoms with Crippen molar-refractivity contribution in [3.8, 4) is 0 Å². The number of amides is 1. The summed E-state index contributed by atoms with van der Waals surface area (Å²) in [5.74, 6) is 1.89. The fourth-order valence-electron chi connectivity index (χ4n) is 1.77. The number of nitrogens with one attached hydrogen (secondary N) is 1. The fraction of sp³-hybridized carbons (Fsp3) is 0.846. The van der Waals surface area contributed by atoms with Gasteiger partial charge in [-0.05, 0) is 34.0 Å². The van der Waals surface area contributed by atoms with Gasteiger partial charge in [0.1, 0.15) is 11.4 Å². The standard InChI is InChI=1S/C13H25N3O2S/c1-10(9-19-5)15-11-8-16(7-6-14-11)12(17)18-13(2,3)4/h10H,6-9H2,1-5H3,(H,14,15). The van der Waals surface area contributed by atoms with Crippen LogP contribution >= 0.6 is 11.8 Å². The summed E-state index contributed by atoms with van der Waals surface area (Å²) in [6, 6.07) is 0.354. The summed E-state index contributed by atoms with van der Waals surface area (Å²) in [7, 11) is 0. The van der Waals surface area contributed by atoms with E-state index in [1.165, 1.54) is 0 Å². The van der Waals surface area contributed by atoms with E-state index < -0.39 is 5.60 Å². The number of carbonyl (C=O) groups is 1. The fourth-order valence-corrected chi connectivity index (χ4v) is 2.35. The van der Waals surface area contributed by atoms with E-state index in [1.807, 2.05) is 20.8 Å². The first-order valence-corrected chi connectivity index (χ1v) is 7.98. The summed E-state index contributed by atoms with van der Waals surface area (Å²) in [4.78, 5) is 18.1. The van der Waals surface area contributed by atoms with Crippen LogP contribution in [0.25, 0.3) is 0 Å². The highest BCUT2D eigenvalue weighted by Gasteiger charge is 2.25. The second kappa shape index (κ2) is 7.03. The number of amidine groups is 1. The van der Waals surface area contributed by atoms with E-state index in [9.17, 15) is 4.79 Å². The van der Waals surface area contributed by atoms with Crippen LogP contribution < -0.4 is 5.32 Å². The molecule has 19 heavy (non-hydrogen) atoms. The molecule has 6 heteroatoms. The van der Waals surface area contributed by atoms with Gasteiger partial charge in [0, 0.05) is 18.3 Å². The zero-order valence-corrected chi connectivity index (χ0v) is 13.3. The smallest absolute Gasteiger partial charge is 0.410 e. The molecule has 0 aromatic carbocycles. The molecule has 1 aliphatic heterocycles. The van der Waals surface area contributed by atoms with Crippen LogP contribution in [0.4, 0.5) is 4.79 Å². The summed E-state index contributed by atoms with van der Waals surface area (Å²) >= 11 is 1.79. The number of aliphatic imine (C=N–C) groups is 1. The normalized spacial score (nSPS) is 17.7. The number of rotatable bonds is 3. The maximum absolute atomic E-state index is 12.0. The zero-order valence-electron chi connectivity index (χ0n) is 12.5. The predicted octanol–water partition coefficient (Wildman–Crippen LogP) is 1.98. The Labute approximate surface area is 120 Å². The average Bonchev–Trinajstić information content (AvgIpc) is 2.27. The van der Waals surface area contributed by atoms with Crippen LogP contribution in [0.1, 0.15) is 27.7 Å². The first-order valence-electron chi connectivity index (χ1n) is 6.58. The molecule has 0 saturated heterocycles. The summed E-state index contributed by atoms with van der Waals surface area (Å²) in [6.07, 6.45) is 1.81. The number of ether oxygens (including phenoxy) is 1. The molecule has 1 rings (SSSR count). The molecule has 110 valence electrons. The van der Waals surface area contributed by atoms with Gasteiger partial charge in [0.25, 0.3) is 0 Å². The molecule has 0 saturated carbocycles. The maximum Gasteiger partial charge on any atom is 0.410 e. The first-order chi connectivity index (χ1) is 8.81. The van der Waals surface area contributed by atoms with Gasteiger partial charge in [-0.3, -0.25) is 9.89 Å². The van der Waals surface area contributed by atoms with Gasteiger partial charge in [-0.1, -0.05) is 0 Å². The molecular weight excluding hydrogens is 262 g/mol. The molecule has 1 amide bonds. The lowest BCUT2D eigenvalue weighted by Gasteiger charge is -2.30. The number of nitrogens with zero attached hydrogens (tertiary/aromatic N) is 2. The van der Waals surface area contributed by atoms with E-state index in [2.05, 4.69) is 23.5 Å². The van der Waals surface area contributed by atoms with Gasteiger partial charge >= 0.3 is 6.09 Å². The van der Waals surface area contributed by atoms with Crippen LogP contribution in [0.2, 0.25) is 0 Å². The van der Waals surface area contributed by atoms with Crippen molar-refractivity contribution in [3.05, 3.63) is 0 Å². The lowest BCUT2D eigenvalue weighted by atomic mass is 10.2. The van der Waals surface area contributed by atoms with Crippen LogP contribution in [0.15, 0.2) is 4.99 Å². The molecule has 0 spiro atoms. The Bertz CT molecular complexity index is 339. The highest BCUT2D eigenvalue weighted by atomic mass is 32.2. The molecule has 1 unspecified atom stereocenters. The van der Waals surface area contributed by atoms with Gasteiger partial charge in [-0.15, -0.1) is 0 Å². The monoisotopic (exact) mass is 287 g/mol. The SMILES string of the molecule is CSCC(C)NC1=NCCN(C(=O)OC(C)(C)C)C1. The van der Waals surface area contributed by atoms with Crippen LogP contribution in [0.3, 0.4) is 0 Å².